The Morgan fingerprint density at radius 1 is 1.45 bits per heavy atom. The summed E-state index contributed by atoms with van der Waals surface area (Å²) in [6, 6.07) is 5.18. The predicted octanol–water partition coefficient (Wildman–Crippen LogP) is 0.938. The minimum absolute atomic E-state index is 0.0282. The van der Waals surface area contributed by atoms with Crippen LogP contribution >= 0.6 is 0 Å². The molecular formula is C14H21N3O3. The summed E-state index contributed by atoms with van der Waals surface area (Å²) in [4.78, 5) is 14.2. The highest BCUT2D eigenvalue weighted by atomic mass is 16.5. The maximum atomic E-state index is 12.0. The van der Waals surface area contributed by atoms with E-state index in [0.717, 1.165) is 32.8 Å². The van der Waals surface area contributed by atoms with Crippen LogP contribution < -0.4 is 15.8 Å². The summed E-state index contributed by atoms with van der Waals surface area (Å²) in [7, 11) is 1.55. The van der Waals surface area contributed by atoms with Gasteiger partial charge in [-0.2, -0.15) is 0 Å². The van der Waals surface area contributed by atoms with Crippen LogP contribution in [0, 0.1) is 0 Å². The molecule has 0 saturated carbocycles. The van der Waals surface area contributed by atoms with Gasteiger partial charge in [0, 0.05) is 37.8 Å². The van der Waals surface area contributed by atoms with Gasteiger partial charge < -0.3 is 20.5 Å². The van der Waals surface area contributed by atoms with Crippen LogP contribution in [-0.2, 0) is 9.53 Å². The fraction of sp³-hybridized carbons (Fsp3) is 0.500. The molecule has 1 aromatic rings. The van der Waals surface area contributed by atoms with E-state index in [-0.39, 0.29) is 5.91 Å². The van der Waals surface area contributed by atoms with Gasteiger partial charge in [-0.05, 0) is 12.1 Å². The Balaban J connectivity index is 1.84. The van der Waals surface area contributed by atoms with Crippen molar-refractivity contribution in [2.24, 2.45) is 0 Å². The van der Waals surface area contributed by atoms with Gasteiger partial charge in [0.2, 0.25) is 5.91 Å². The zero-order valence-corrected chi connectivity index (χ0v) is 11.7. The molecule has 2 rings (SSSR count). The van der Waals surface area contributed by atoms with Crippen molar-refractivity contribution in [3.8, 4) is 5.75 Å². The monoisotopic (exact) mass is 279 g/mol. The zero-order valence-electron chi connectivity index (χ0n) is 11.7. The Bertz CT molecular complexity index is 459. The van der Waals surface area contributed by atoms with Crippen LogP contribution in [-0.4, -0.2) is 50.8 Å². The Hall–Kier alpha value is -1.79. The maximum Gasteiger partial charge on any atom is 0.225 e. The number of anilines is 2. The quantitative estimate of drug-likeness (QED) is 0.784. The van der Waals surface area contributed by atoms with Gasteiger partial charge in [0.05, 0.1) is 26.0 Å². The second kappa shape index (κ2) is 7.12. The molecule has 1 amide bonds. The molecule has 110 valence electrons. The number of hydrogen-bond acceptors (Lipinski definition) is 5. The van der Waals surface area contributed by atoms with Crippen LogP contribution in [0.25, 0.3) is 0 Å². The summed E-state index contributed by atoms with van der Waals surface area (Å²) >= 11 is 0. The summed E-state index contributed by atoms with van der Waals surface area (Å²) < 4.78 is 10.5. The number of methoxy groups -OCH3 is 1. The lowest BCUT2D eigenvalue weighted by Gasteiger charge is -2.26. The number of nitrogen functional groups attached to an aromatic ring is 1. The first-order valence-electron chi connectivity index (χ1n) is 6.72. The Labute approximate surface area is 118 Å². The predicted molar refractivity (Wildman–Crippen MR) is 77.9 cm³/mol. The third-order valence-corrected chi connectivity index (χ3v) is 3.26. The number of ether oxygens (including phenoxy) is 2. The summed E-state index contributed by atoms with van der Waals surface area (Å²) in [6.45, 7) is 4.00. The molecule has 1 fully saturated rings. The maximum absolute atomic E-state index is 12.0. The summed E-state index contributed by atoms with van der Waals surface area (Å²) in [6.07, 6.45) is 0.452. The lowest BCUT2D eigenvalue weighted by atomic mass is 10.2. The number of nitrogens with zero attached hydrogens (tertiary/aromatic N) is 1. The average Bonchev–Trinajstić information content (AvgIpc) is 2.48. The van der Waals surface area contributed by atoms with Crippen LogP contribution in [0.4, 0.5) is 11.4 Å². The van der Waals surface area contributed by atoms with Crippen molar-refractivity contribution >= 4 is 17.3 Å². The van der Waals surface area contributed by atoms with Gasteiger partial charge in [-0.3, -0.25) is 9.69 Å². The first-order chi connectivity index (χ1) is 9.69. The summed E-state index contributed by atoms with van der Waals surface area (Å²) in [5.41, 5.74) is 6.93. The fourth-order valence-corrected chi connectivity index (χ4v) is 2.11. The zero-order chi connectivity index (χ0) is 14.4. The van der Waals surface area contributed by atoms with Crippen LogP contribution in [0.1, 0.15) is 6.42 Å². The Kier molecular flexibility index (Phi) is 5.20. The molecule has 0 radical (unpaired) electrons. The Morgan fingerprint density at radius 3 is 2.90 bits per heavy atom. The SMILES string of the molecule is COc1cc(N)ccc1NC(=O)CCN1CCOCC1. The van der Waals surface area contributed by atoms with Crippen molar-refractivity contribution in [2.45, 2.75) is 6.42 Å². The molecular weight excluding hydrogens is 258 g/mol. The van der Waals surface area contributed by atoms with Crippen LogP contribution in [0.3, 0.4) is 0 Å². The molecule has 3 N–H and O–H groups in total. The highest BCUT2D eigenvalue weighted by Crippen LogP contribution is 2.26. The van der Waals surface area contributed by atoms with Crippen molar-refractivity contribution in [1.82, 2.24) is 4.90 Å². The lowest BCUT2D eigenvalue weighted by Crippen LogP contribution is -2.38. The first kappa shape index (κ1) is 14.6. The highest BCUT2D eigenvalue weighted by Gasteiger charge is 2.13. The van der Waals surface area contributed by atoms with Crippen LogP contribution in [0.2, 0.25) is 0 Å². The number of carbonyl (C=O) groups excluding carboxylic acids is 1. The number of carbonyl (C=O) groups is 1. The molecule has 1 aliphatic rings. The number of benzene rings is 1. The summed E-state index contributed by atoms with van der Waals surface area (Å²) in [5, 5.41) is 2.85. The van der Waals surface area contributed by atoms with Crippen LogP contribution in [0.15, 0.2) is 18.2 Å². The van der Waals surface area contributed by atoms with E-state index in [1.165, 1.54) is 0 Å². The molecule has 1 aromatic carbocycles. The molecule has 0 unspecified atom stereocenters. The van der Waals surface area contributed by atoms with Gasteiger partial charge in [-0.1, -0.05) is 0 Å². The van der Waals surface area contributed by atoms with E-state index < -0.39 is 0 Å². The van der Waals surface area contributed by atoms with Gasteiger partial charge >= 0.3 is 0 Å². The van der Waals surface area contributed by atoms with E-state index in [1.807, 2.05) is 0 Å². The number of rotatable bonds is 5. The topological polar surface area (TPSA) is 76.8 Å². The number of nitrogens with two attached hydrogens (primary N) is 1. The number of hydrogen-bond donors (Lipinski definition) is 2. The second-order valence-corrected chi connectivity index (χ2v) is 4.71. The van der Waals surface area contributed by atoms with Gasteiger partial charge in [-0.25, -0.2) is 0 Å². The van der Waals surface area contributed by atoms with Crippen molar-refractivity contribution in [3.63, 3.8) is 0 Å². The fourth-order valence-electron chi connectivity index (χ4n) is 2.11. The van der Waals surface area contributed by atoms with Gasteiger partial charge in [0.1, 0.15) is 5.75 Å². The van der Waals surface area contributed by atoms with E-state index in [1.54, 1.807) is 25.3 Å². The second-order valence-electron chi connectivity index (χ2n) is 4.71. The number of nitrogens with one attached hydrogen (secondary N) is 1. The average molecular weight is 279 g/mol. The molecule has 6 heteroatoms. The van der Waals surface area contributed by atoms with Crippen molar-refractivity contribution in [1.29, 1.82) is 0 Å². The number of morpholine rings is 1. The van der Waals surface area contributed by atoms with Crippen molar-refractivity contribution < 1.29 is 14.3 Å². The lowest BCUT2D eigenvalue weighted by molar-refractivity contribution is -0.116. The van der Waals surface area contributed by atoms with E-state index in [0.29, 0.717) is 23.5 Å². The van der Waals surface area contributed by atoms with E-state index in [4.69, 9.17) is 15.2 Å². The molecule has 0 atom stereocenters. The van der Waals surface area contributed by atoms with Gasteiger partial charge in [0.15, 0.2) is 0 Å². The smallest absolute Gasteiger partial charge is 0.225 e. The molecule has 1 saturated heterocycles. The standard InChI is InChI=1S/C14H21N3O3/c1-19-13-10-11(15)2-3-12(13)16-14(18)4-5-17-6-8-20-9-7-17/h2-3,10H,4-9,15H2,1H3,(H,16,18). The van der Waals surface area contributed by atoms with E-state index >= 15 is 0 Å². The van der Waals surface area contributed by atoms with E-state index in [9.17, 15) is 4.79 Å². The minimum Gasteiger partial charge on any atom is -0.494 e. The molecule has 0 aromatic heterocycles. The molecule has 1 heterocycles. The third-order valence-electron chi connectivity index (χ3n) is 3.26. The Morgan fingerprint density at radius 2 is 2.20 bits per heavy atom. The summed E-state index contributed by atoms with van der Waals surface area (Å²) in [5.74, 6) is 0.546. The van der Waals surface area contributed by atoms with Crippen LogP contribution in [0.5, 0.6) is 5.75 Å². The molecule has 1 aliphatic heterocycles. The minimum atomic E-state index is -0.0282. The van der Waals surface area contributed by atoms with Crippen molar-refractivity contribution in [2.75, 3.05) is 51.0 Å². The molecule has 0 aliphatic carbocycles. The molecule has 0 spiro atoms. The largest absolute Gasteiger partial charge is 0.494 e. The van der Waals surface area contributed by atoms with E-state index in [2.05, 4.69) is 10.2 Å². The molecule has 20 heavy (non-hydrogen) atoms. The normalized spacial score (nSPS) is 15.8. The first-order valence-corrected chi connectivity index (χ1v) is 6.72. The molecule has 6 nitrogen and oxygen atoms in total. The highest BCUT2D eigenvalue weighted by molar-refractivity contribution is 5.92. The van der Waals surface area contributed by atoms with Gasteiger partial charge in [-0.15, -0.1) is 0 Å². The molecule has 0 bridgehead atoms. The van der Waals surface area contributed by atoms with Crippen molar-refractivity contribution in [3.05, 3.63) is 18.2 Å². The third kappa shape index (κ3) is 4.11. The van der Waals surface area contributed by atoms with Gasteiger partial charge in [0.25, 0.3) is 0 Å². The number of amides is 1.